The van der Waals surface area contributed by atoms with E-state index in [9.17, 15) is 13.6 Å². The van der Waals surface area contributed by atoms with Crippen LogP contribution in [0.3, 0.4) is 0 Å². The van der Waals surface area contributed by atoms with Crippen LogP contribution in [0.5, 0.6) is 5.75 Å². The van der Waals surface area contributed by atoms with Gasteiger partial charge >= 0.3 is 6.61 Å². The molecular formula is C21H19F2N3O3. The molecule has 0 radical (unpaired) electrons. The molecule has 3 aromatic rings. The molecule has 0 unspecified atom stereocenters. The van der Waals surface area contributed by atoms with Gasteiger partial charge in [0.1, 0.15) is 17.2 Å². The van der Waals surface area contributed by atoms with Gasteiger partial charge in [0.15, 0.2) is 5.89 Å². The SMILES string of the molecule is O=C(c1ccc(OC(F)F)cc1)N1CCc2oc(CCc3cccnc3)nc2C1. The van der Waals surface area contributed by atoms with Crippen LogP contribution in [0.1, 0.15) is 33.3 Å². The van der Waals surface area contributed by atoms with Gasteiger partial charge < -0.3 is 14.1 Å². The standard InChI is InChI=1S/C21H19F2N3O3/c22-21(23)28-16-6-4-15(5-7-16)20(27)26-11-9-18-17(13-26)25-19(29-18)8-3-14-2-1-10-24-12-14/h1-2,4-7,10,12,21H,3,8-9,11,13H2. The first-order chi connectivity index (χ1) is 14.1. The van der Waals surface area contributed by atoms with E-state index in [-0.39, 0.29) is 11.7 Å². The van der Waals surface area contributed by atoms with Crippen LogP contribution in [-0.2, 0) is 25.8 Å². The summed E-state index contributed by atoms with van der Waals surface area (Å²) in [5.41, 5.74) is 2.29. The average Bonchev–Trinajstić information content (AvgIpc) is 3.15. The predicted molar refractivity (Wildman–Crippen MR) is 99.7 cm³/mol. The predicted octanol–water partition coefficient (Wildman–Crippen LogP) is 3.65. The molecule has 6 nitrogen and oxygen atoms in total. The summed E-state index contributed by atoms with van der Waals surface area (Å²) < 4.78 is 34.7. The lowest BCUT2D eigenvalue weighted by atomic mass is 10.1. The second kappa shape index (κ2) is 8.38. The minimum absolute atomic E-state index is 0.0206. The summed E-state index contributed by atoms with van der Waals surface area (Å²) in [5.74, 6) is 1.31. The number of rotatable bonds is 6. The quantitative estimate of drug-likeness (QED) is 0.633. The second-order valence-corrected chi connectivity index (χ2v) is 6.72. The monoisotopic (exact) mass is 399 g/mol. The number of fused-ring (bicyclic) bond motifs is 1. The number of amides is 1. The van der Waals surface area contributed by atoms with Gasteiger partial charge in [-0.1, -0.05) is 6.07 Å². The molecule has 3 heterocycles. The van der Waals surface area contributed by atoms with Crippen LogP contribution in [0.2, 0.25) is 0 Å². The highest BCUT2D eigenvalue weighted by Gasteiger charge is 2.26. The van der Waals surface area contributed by atoms with Gasteiger partial charge in [0.2, 0.25) is 0 Å². The maximum atomic E-state index is 12.7. The van der Waals surface area contributed by atoms with Crippen LogP contribution in [0.25, 0.3) is 0 Å². The van der Waals surface area contributed by atoms with Gasteiger partial charge in [-0.15, -0.1) is 0 Å². The van der Waals surface area contributed by atoms with E-state index in [2.05, 4.69) is 14.7 Å². The lowest BCUT2D eigenvalue weighted by Gasteiger charge is -2.25. The number of carbonyl (C=O) groups excluding carboxylic acids is 1. The van der Waals surface area contributed by atoms with Crippen molar-refractivity contribution in [3.63, 3.8) is 0 Å². The number of ether oxygens (including phenoxy) is 1. The Bertz CT molecular complexity index is 975. The normalized spacial score (nSPS) is 13.4. The molecule has 0 bridgehead atoms. The maximum absolute atomic E-state index is 12.7. The van der Waals surface area contributed by atoms with Crippen molar-refractivity contribution >= 4 is 5.91 Å². The molecule has 0 N–H and O–H groups in total. The van der Waals surface area contributed by atoms with Gasteiger partial charge in [0, 0.05) is 37.3 Å². The van der Waals surface area contributed by atoms with Crippen molar-refractivity contribution in [3.8, 4) is 5.75 Å². The molecular weight excluding hydrogens is 380 g/mol. The molecule has 4 rings (SSSR count). The smallest absolute Gasteiger partial charge is 0.387 e. The van der Waals surface area contributed by atoms with E-state index in [1.54, 1.807) is 11.1 Å². The first-order valence-electron chi connectivity index (χ1n) is 9.29. The first-order valence-corrected chi connectivity index (χ1v) is 9.29. The van der Waals surface area contributed by atoms with Gasteiger partial charge in [0.05, 0.1) is 6.54 Å². The van der Waals surface area contributed by atoms with Gasteiger partial charge in [-0.25, -0.2) is 4.98 Å². The minimum atomic E-state index is -2.89. The summed E-state index contributed by atoms with van der Waals surface area (Å²) in [6, 6.07) is 9.59. The number of alkyl halides is 2. The van der Waals surface area contributed by atoms with Crippen molar-refractivity contribution in [2.75, 3.05) is 6.54 Å². The molecule has 1 aliphatic rings. The third-order valence-electron chi connectivity index (χ3n) is 4.74. The van der Waals surface area contributed by atoms with Gasteiger partial charge in [0.25, 0.3) is 5.91 Å². The van der Waals surface area contributed by atoms with Crippen LogP contribution >= 0.6 is 0 Å². The van der Waals surface area contributed by atoms with E-state index in [0.717, 1.165) is 23.4 Å². The van der Waals surface area contributed by atoms with Gasteiger partial charge in [-0.2, -0.15) is 8.78 Å². The number of aromatic nitrogens is 2. The molecule has 1 amide bonds. The molecule has 0 fully saturated rings. The molecule has 0 spiro atoms. The third kappa shape index (κ3) is 4.59. The zero-order valence-electron chi connectivity index (χ0n) is 15.6. The minimum Gasteiger partial charge on any atom is -0.445 e. The Labute approximate surface area is 166 Å². The first kappa shape index (κ1) is 19.0. The molecule has 2 aromatic heterocycles. The fraction of sp³-hybridized carbons (Fsp3) is 0.286. The van der Waals surface area contributed by atoms with E-state index in [4.69, 9.17) is 4.42 Å². The number of pyridine rings is 1. The summed E-state index contributed by atoms with van der Waals surface area (Å²) in [6.45, 7) is -2.02. The van der Waals surface area contributed by atoms with Crippen molar-refractivity contribution in [1.29, 1.82) is 0 Å². The number of nitrogens with zero attached hydrogens (tertiary/aromatic N) is 3. The van der Waals surface area contributed by atoms with E-state index in [0.29, 0.717) is 37.4 Å². The van der Waals surface area contributed by atoms with Crippen LogP contribution in [0.4, 0.5) is 8.78 Å². The lowest BCUT2D eigenvalue weighted by Crippen LogP contribution is -2.35. The summed E-state index contributed by atoms with van der Waals surface area (Å²) in [7, 11) is 0. The Morgan fingerprint density at radius 2 is 2.03 bits per heavy atom. The Kier molecular flexibility index (Phi) is 5.50. The number of hydrogen-bond acceptors (Lipinski definition) is 5. The summed E-state index contributed by atoms with van der Waals surface area (Å²) in [6.07, 6.45) is 5.59. The molecule has 29 heavy (non-hydrogen) atoms. The summed E-state index contributed by atoms with van der Waals surface area (Å²) in [4.78, 5) is 23.1. The van der Waals surface area contributed by atoms with Crippen molar-refractivity contribution in [2.45, 2.75) is 32.4 Å². The zero-order chi connectivity index (χ0) is 20.2. The molecule has 0 saturated heterocycles. The Morgan fingerprint density at radius 1 is 1.21 bits per heavy atom. The fourth-order valence-electron chi connectivity index (χ4n) is 3.29. The highest BCUT2D eigenvalue weighted by Crippen LogP contribution is 2.23. The van der Waals surface area contributed by atoms with Crippen LogP contribution in [0.15, 0.2) is 53.2 Å². The molecule has 0 saturated carbocycles. The Balaban J connectivity index is 1.39. The molecule has 150 valence electrons. The number of carbonyl (C=O) groups is 1. The number of benzene rings is 1. The topological polar surface area (TPSA) is 68.5 Å². The number of oxazole rings is 1. The van der Waals surface area contributed by atoms with E-state index in [1.165, 1.54) is 24.3 Å². The van der Waals surface area contributed by atoms with Crippen molar-refractivity contribution in [2.24, 2.45) is 0 Å². The molecule has 8 heteroatoms. The van der Waals surface area contributed by atoms with E-state index < -0.39 is 6.61 Å². The van der Waals surface area contributed by atoms with Crippen LogP contribution in [0, 0.1) is 0 Å². The van der Waals surface area contributed by atoms with Crippen molar-refractivity contribution in [3.05, 3.63) is 77.3 Å². The Morgan fingerprint density at radius 3 is 2.76 bits per heavy atom. The Hall–Kier alpha value is -3.29. The molecule has 0 atom stereocenters. The second-order valence-electron chi connectivity index (χ2n) is 6.72. The highest BCUT2D eigenvalue weighted by atomic mass is 19.3. The van der Waals surface area contributed by atoms with E-state index in [1.807, 2.05) is 18.3 Å². The van der Waals surface area contributed by atoms with Crippen LogP contribution < -0.4 is 4.74 Å². The largest absolute Gasteiger partial charge is 0.445 e. The van der Waals surface area contributed by atoms with Gasteiger partial charge in [-0.05, 0) is 42.3 Å². The highest BCUT2D eigenvalue weighted by molar-refractivity contribution is 5.94. The molecule has 1 aromatic carbocycles. The molecule has 1 aliphatic heterocycles. The fourth-order valence-corrected chi connectivity index (χ4v) is 3.29. The van der Waals surface area contributed by atoms with Crippen molar-refractivity contribution in [1.82, 2.24) is 14.9 Å². The molecule has 0 aliphatic carbocycles. The van der Waals surface area contributed by atoms with E-state index >= 15 is 0 Å². The zero-order valence-corrected chi connectivity index (χ0v) is 15.6. The number of hydrogen-bond donors (Lipinski definition) is 0. The number of aryl methyl sites for hydroxylation is 2. The lowest BCUT2D eigenvalue weighted by molar-refractivity contribution is -0.0498. The number of halogens is 2. The summed E-state index contributed by atoms with van der Waals surface area (Å²) in [5, 5.41) is 0. The van der Waals surface area contributed by atoms with Gasteiger partial charge in [-0.3, -0.25) is 9.78 Å². The third-order valence-corrected chi connectivity index (χ3v) is 4.74. The van der Waals surface area contributed by atoms with Crippen LogP contribution in [-0.4, -0.2) is 33.9 Å². The average molecular weight is 399 g/mol. The maximum Gasteiger partial charge on any atom is 0.387 e. The summed E-state index contributed by atoms with van der Waals surface area (Å²) >= 11 is 0. The van der Waals surface area contributed by atoms with Crippen molar-refractivity contribution < 1.29 is 22.7 Å².